The molecule has 0 unspecified atom stereocenters. The van der Waals surface area contributed by atoms with Crippen LogP contribution in [-0.4, -0.2) is 40.8 Å². The highest BCUT2D eigenvalue weighted by Crippen LogP contribution is 2.46. The van der Waals surface area contributed by atoms with Crippen LogP contribution in [0.3, 0.4) is 0 Å². The van der Waals surface area contributed by atoms with Gasteiger partial charge in [-0.1, -0.05) is 48.5 Å². The van der Waals surface area contributed by atoms with Crippen molar-refractivity contribution < 1.29 is 19.4 Å². The molecule has 2 aromatic rings. The third-order valence-electron chi connectivity index (χ3n) is 6.67. The van der Waals surface area contributed by atoms with Crippen LogP contribution in [0.1, 0.15) is 42.7 Å². The number of amides is 1. The van der Waals surface area contributed by atoms with Gasteiger partial charge in [-0.05, 0) is 47.4 Å². The first-order chi connectivity index (χ1) is 13.6. The number of hydrogen-bond donors (Lipinski definition) is 1. The molecule has 2 fully saturated rings. The van der Waals surface area contributed by atoms with E-state index < -0.39 is 5.97 Å². The first kappa shape index (κ1) is 17.3. The van der Waals surface area contributed by atoms with Crippen LogP contribution >= 0.6 is 0 Å². The summed E-state index contributed by atoms with van der Waals surface area (Å²) in [6.45, 7) is 0.278. The summed E-state index contributed by atoms with van der Waals surface area (Å²) in [5, 5.41) is 9.24. The van der Waals surface area contributed by atoms with Crippen molar-refractivity contribution in [2.45, 2.75) is 43.7 Å². The highest BCUT2D eigenvalue weighted by molar-refractivity contribution is 5.79. The van der Waals surface area contributed by atoms with Gasteiger partial charge >= 0.3 is 12.1 Å². The number of rotatable bonds is 4. The number of nitrogens with zero attached hydrogens (tertiary/aromatic N) is 1. The maximum absolute atomic E-state index is 12.9. The van der Waals surface area contributed by atoms with E-state index in [2.05, 4.69) is 24.3 Å². The summed E-state index contributed by atoms with van der Waals surface area (Å²) in [6.07, 6.45) is 2.51. The Hall–Kier alpha value is -2.82. The van der Waals surface area contributed by atoms with Crippen molar-refractivity contribution in [2.75, 3.05) is 6.61 Å². The minimum Gasteiger partial charge on any atom is -0.481 e. The fraction of sp³-hybridized carbons (Fsp3) is 0.391. The summed E-state index contributed by atoms with van der Waals surface area (Å²) < 4.78 is 5.78. The molecular weight excluding hydrogens is 354 g/mol. The van der Waals surface area contributed by atoms with E-state index in [4.69, 9.17) is 4.74 Å². The first-order valence-electron chi connectivity index (χ1n) is 9.98. The molecule has 144 valence electrons. The van der Waals surface area contributed by atoms with Crippen molar-refractivity contribution in [3.8, 4) is 11.1 Å². The highest BCUT2D eigenvalue weighted by Gasteiger charge is 2.49. The molecule has 5 rings (SSSR count). The van der Waals surface area contributed by atoms with Crippen molar-refractivity contribution in [2.24, 2.45) is 5.92 Å². The Bertz CT molecular complexity index is 894. The van der Waals surface area contributed by atoms with Crippen LogP contribution in [0.5, 0.6) is 0 Å². The predicted molar refractivity (Wildman–Crippen MR) is 104 cm³/mol. The summed E-state index contributed by atoms with van der Waals surface area (Å²) in [6, 6.07) is 16.4. The molecule has 2 aromatic carbocycles. The minimum atomic E-state index is -0.853. The number of carboxylic acid groups (broad SMARTS) is 1. The standard InChI is InChI=1S/C23H23NO4/c25-22(26)12-21-14-9-10-15(11-14)24(21)23(27)28-13-20-18-7-3-1-5-16(18)17-6-2-4-8-19(17)20/h1-8,14-15,20-21H,9-13H2,(H,25,26)/t14-,15+,21+/m0/s1. The lowest BCUT2D eigenvalue weighted by atomic mass is 9.96. The van der Waals surface area contributed by atoms with E-state index in [1.54, 1.807) is 4.90 Å². The fourth-order valence-electron chi connectivity index (χ4n) is 5.49. The molecule has 1 saturated carbocycles. The van der Waals surface area contributed by atoms with Crippen LogP contribution in [0.4, 0.5) is 4.79 Å². The van der Waals surface area contributed by atoms with Crippen LogP contribution in [-0.2, 0) is 9.53 Å². The van der Waals surface area contributed by atoms with Gasteiger partial charge in [0.2, 0.25) is 0 Å². The topological polar surface area (TPSA) is 66.8 Å². The Labute approximate surface area is 163 Å². The molecule has 0 spiro atoms. The summed E-state index contributed by atoms with van der Waals surface area (Å²) >= 11 is 0. The molecule has 1 amide bonds. The number of carbonyl (C=O) groups excluding carboxylic acids is 1. The van der Waals surface area contributed by atoms with E-state index >= 15 is 0 Å². The van der Waals surface area contributed by atoms with E-state index in [1.165, 1.54) is 22.3 Å². The van der Waals surface area contributed by atoms with Gasteiger partial charge in [-0.3, -0.25) is 4.79 Å². The lowest BCUT2D eigenvalue weighted by Crippen LogP contribution is -2.46. The third-order valence-corrected chi connectivity index (χ3v) is 6.67. The molecule has 0 aromatic heterocycles. The average molecular weight is 377 g/mol. The van der Waals surface area contributed by atoms with Gasteiger partial charge < -0.3 is 14.7 Å². The first-order valence-corrected chi connectivity index (χ1v) is 9.98. The largest absolute Gasteiger partial charge is 0.481 e. The van der Waals surface area contributed by atoms with Gasteiger partial charge in [-0.25, -0.2) is 4.79 Å². The minimum absolute atomic E-state index is 0.00532. The monoisotopic (exact) mass is 377 g/mol. The molecule has 5 heteroatoms. The maximum atomic E-state index is 12.9. The second-order valence-corrected chi connectivity index (χ2v) is 8.10. The zero-order valence-corrected chi connectivity index (χ0v) is 15.6. The molecule has 5 nitrogen and oxygen atoms in total. The summed E-state index contributed by atoms with van der Waals surface area (Å²) in [5.74, 6) is -0.537. The molecule has 1 heterocycles. The smallest absolute Gasteiger partial charge is 0.410 e. The number of piperidine rings is 1. The Kier molecular flexibility index (Phi) is 4.11. The average Bonchev–Trinajstić information content (AvgIpc) is 3.38. The van der Waals surface area contributed by atoms with Crippen molar-refractivity contribution in [3.05, 3.63) is 59.7 Å². The summed E-state index contributed by atoms with van der Waals surface area (Å²) in [4.78, 5) is 25.9. The Morgan fingerprint density at radius 2 is 1.64 bits per heavy atom. The van der Waals surface area contributed by atoms with Crippen LogP contribution < -0.4 is 0 Å². The number of fused-ring (bicyclic) bond motifs is 5. The molecular formula is C23H23NO4. The zero-order chi connectivity index (χ0) is 19.3. The lowest BCUT2D eigenvalue weighted by molar-refractivity contribution is -0.138. The van der Waals surface area contributed by atoms with Gasteiger partial charge in [-0.2, -0.15) is 0 Å². The van der Waals surface area contributed by atoms with Gasteiger partial charge in [0.1, 0.15) is 6.61 Å². The van der Waals surface area contributed by atoms with Crippen LogP contribution in [0, 0.1) is 5.92 Å². The molecule has 2 bridgehead atoms. The second kappa shape index (κ2) is 6.66. The summed E-state index contributed by atoms with van der Waals surface area (Å²) in [5.41, 5.74) is 4.76. The fourth-order valence-corrected chi connectivity index (χ4v) is 5.49. The van der Waals surface area contributed by atoms with Gasteiger partial charge in [0, 0.05) is 18.0 Å². The Morgan fingerprint density at radius 3 is 2.29 bits per heavy atom. The quantitative estimate of drug-likeness (QED) is 0.864. The van der Waals surface area contributed by atoms with Crippen molar-refractivity contribution in [3.63, 3.8) is 0 Å². The predicted octanol–water partition coefficient (Wildman–Crippen LogP) is 4.26. The zero-order valence-electron chi connectivity index (χ0n) is 15.6. The van der Waals surface area contributed by atoms with E-state index in [0.717, 1.165) is 19.3 Å². The lowest BCUT2D eigenvalue weighted by Gasteiger charge is -2.34. The van der Waals surface area contributed by atoms with Gasteiger partial charge in [0.25, 0.3) is 0 Å². The highest BCUT2D eigenvalue weighted by atomic mass is 16.6. The maximum Gasteiger partial charge on any atom is 0.410 e. The third kappa shape index (κ3) is 2.68. The SMILES string of the molecule is O=C(O)C[C@@H]1[C@H]2CC[C@H](C2)N1C(=O)OCC1c2ccccc2-c2ccccc21. The molecule has 1 saturated heterocycles. The van der Waals surface area contributed by atoms with E-state index in [-0.39, 0.29) is 37.1 Å². The Morgan fingerprint density at radius 1 is 1.00 bits per heavy atom. The van der Waals surface area contributed by atoms with Gasteiger partial charge in [-0.15, -0.1) is 0 Å². The summed E-state index contributed by atoms with van der Waals surface area (Å²) in [7, 11) is 0. The number of aliphatic carboxylic acids is 1. The van der Waals surface area contributed by atoms with E-state index in [1.807, 2.05) is 24.3 Å². The molecule has 3 atom stereocenters. The van der Waals surface area contributed by atoms with Gasteiger partial charge in [0.15, 0.2) is 0 Å². The van der Waals surface area contributed by atoms with Crippen LogP contribution in [0.25, 0.3) is 11.1 Å². The van der Waals surface area contributed by atoms with Gasteiger partial charge in [0.05, 0.1) is 6.42 Å². The number of likely N-dealkylation sites (tertiary alicyclic amines) is 1. The molecule has 28 heavy (non-hydrogen) atoms. The van der Waals surface area contributed by atoms with Crippen molar-refractivity contribution in [1.29, 1.82) is 0 Å². The molecule has 1 N–H and O–H groups in total. The van der Waals surface area contributed by atoms with Crippen molar-refractivity contribution >= 4 is 12.1 Å². The normalized spacial score (nSPS) is 24.9. The molecule has 1 aliphatic heterocycles. The van der Waals surface area contributed by atoms with Crippen molar-refractivity contribution in [1.82, 2.24) is 4.90 Å². The number of carboxylic acids is 1. The number of ether oxygens (including phenoxy) is 1. The van der Waals surface area contributed by atoms with E-state index in [0.29, 0.717) is 5.92 Å². The number of hydrogen-bond acceptors (Lipinski definition) is 3. The number of carbonyl (C=O) groups is 2. The van der Waals surface area contributed by atoms with Crippen LogP contribution in [0.15, 0.2) is 48.5 Å². The molecule has 2 aliphatic carbocycles. The second-order valence-electron chi connectivity index (χ2n) is 8.10. The van der Waals surface area contributed by atoms with Crippen LogP contribution in [0.2, 0.25) is 0 Å². The Balaban J connectivity index is 1.35. The van der Waals surface area contributed by atoms with E-state index in [9.17, 15) is 14.7 Å². The number of benzene rings is 2. The molecule has 3 aliphatic rings. The molecule has 0 radical (unpaired) electrons.